The van der Waals surface area contributed by atoms with E-state index in [1.807, 2.05) is 24.3 Å². The Morgan fingerprint density at radius 1 is 1.10 bits per heavy atom. The van der Waals surface area contributed by atoms with Crippen molar-refractivity contribution in [3.63, 3.8) is 0 Å². The van der Waals surface area contributed by atoms with Gasteiger partial charge < -0.3 is 5.11 Å². The van der Waals surface area contributed by atoms with Gasteiger partial charge in [-0.1, -0.05) is 40.2 Å². The average Bonchev–Trinajstić information content (AvgIpc) is 2.38. The number of hydrogen-bond acceptors (Lipinski definition) is 2. The number of carbonyl (C=O) groups is 1. The van der Waals surface area contributed by atoms with Gasteiger partial charge in [-0.25, -0.2) is 0 Å². The Bertz CT molecular complexity index is 638. The molecule has 0 saturated heterocycles. The molecule has 0 aromatic heterocycles. The Labute approximate surface area is 128 Å². The molecular weight excluding hydrogens is 340 g/mol. The van der Waals surface area contributed by atoms with Crippen LogP contribution in [0, 0.1) is 0 Å². The second-order valence-electron chi connectivity index (χ2n) is 4.33. The van der Waals surface area contributed by atoms with Gasteiger partial charge in [0.1, 0.15) is 0 Å². The van der Waals surface area contributed by atoms with Gasteiger partial charge in [-0.3, -0.25) is 9.00 Å². The average molecular weight is 353 g/mol. The number of halogens is 1. The molecule has 2 aromatic carbocycles. The third-order valence-corrected chi connectivity index (χ3v) is 4.62. The number of aliphatic carboxylic acids is 1. The molecule has 0 heterocycles. The molecule has 1 atom stereocenters. The van der Waals surface area contributed by atoms with Crippen molar-refractivity contribution >= 4 is 32.7 Å². The molecule has 1 unspecified atom stereocenters. The normalized spacial score (nSPS) is 12.1. The Morgan fingerprint density at radius 2 is 1.80 bits per heavy atom. The van der Waals surface area contributed by atoms with E-state index < -0.39 is 16.8 Å². The standard InChI is InChI=1S/C15H13BrO3S/c16-13-3-1-2-12(8-13)10-20(19)14-6-4-11(5-7-14)9-15(17)18/h1-8H,9-10H2,(H,17,18). The van der Waals surface area contributed by atoms with Crippen LogP contribution in [0.5, 0.6) is 0 Å². The molecule has 2 aromatic rings. The van der Waals surface area contributed by atoms with Crippen LogP contribution >= 0.6 is 15.9 Å². The first-order chi connectivity index (χ1) is 9.54. The topological polar surface area (TPSA) is 54.4 Å². The van der Waals surface area contributed by atoms with Gasteiger partial charge in [-0.05, 0) is 35.4 Å². The van der Waals surface area contributed by atoms with Crippen molar-refractivity contribution in [2.24, 2.45) is 0 Å². The highest BCUT2D eigenvalue weighted by Gasteiger charge is 2.07. The van der Waals surface area contributed by atoms with Gasteiger partial charge in [0.05, 0.1) is 23.0 Å². The van der Waals surface area contributed by atoms with E-state index in [1.54, 1.807) is 24.3 Å². The minimum Gasteiger partial charge on any atom is -0.481 e. The lowest BCUT2D eigenvalue weighted by Gasteiger charge is -2.04. The molecule has 104 valence electrons. The summed E-state index contributed by atoms with van der Waals surface area (Å²) in [5.74, 6) is -0.425. The lowest BCUT2D eigenvalue weighted by Crippen LogP contribution is -2.01. The van der Waals surface area contributed by atoms with E-state index in [2.05, 4.69) is 15.9 Å². The largest absolute Gasteiger partial charge is 0.481 e. The van der Waals surface area contributed by atoms with E-state index in [-0.39, 0.29) is 6.42 Å². The maximum absolute atomic E-state index is 12.2. The van der Waals surface area contributed by atoms with Crippen LogP contribution in [0.3, 0.4) is 0 Å². The summed E-state index contributed by atoms with van der Waals surface area (Å²) in [5.41, 5.74) is 1.70. The van der Waals surface area contributed by atoms with Crippen molar-refractivity contribution in [3.8, 4) is 0 Å². The van der Waals surface area contributed by atoms with Gasteiger partial charge in [0.15, 0.2) is 0 Å². The van der Waals surface area contributed by atoms with Crippen LogP contribution < -0.4 is 0 Å². The Morgan fingerprint density at radius 3 is 2.40 bits per heavy atom. The smallest absolute Gasteiger partial charge is 0.307 e. The molecule has 2 rings (SSSR count). The molecule has 0 saturated carbocycles. The van der Waals surface area contributed by atoms with Crippen LogP contribution in [0.15, 0.2) is 57.9 Å². The monoisotopic (exact) mass is 352 g/mol. The summed E-state index contributed by atoms with van der Waals surface area (Å²) in [7, 11) is -1.13. The fourth-order valence-corrected chi connectivity index (χ4v) is 3.33. The molecule has 0 amide bonds. The van der Waals surface area contributed by atoms with Crippen molar-refractivity contribution in [2.45, 2.75) is 17.1 Å². The predicted molar refractivity (Wildman–Crippen MR) is 82.0 cm³/mol. The van der Waals surface area contributed by atoms with Gasteiger partial charge in [0, 0.05) is 9.37 Å². The van der Waals surface area contributed by atoms with Crippen molar-refractivity contribution in [1.82, 2.24) is 0 Å². The molecule has 0 aliphatic rings. The van der Waals surface area contributed by atoms with Crippen LogP contribution in [-0.2, 0) is 27.8 Å². The number of hydrogen-bond donors (Lipinski definition) is 1. The van der Waals surface area contributed by atoms with Crippen molar-refractivity contribution in [3.05, 3.63) is 64.1 Å². The third-order valence-electron chi connectivity index (χ3n) is 2.73. The third kappa shape index (κ3) is 4.28. The summed E-state index contributed by atoms with van der Waals surface area (Å²) in [6.07, 6.45) is -0.0153. The van der Waals surface area contributed by atoms with E-state index in [4.69, 9.17) is 5.11 Å². The predicted octanol–water partition coefficient (Wildman–Crippen LogP) is 3.38. The zero-order valence-electron chi connectivity index (χ0n) is 10.6. The maximum Gasteiger partial charge on any atom is 0.307 e. The van der Waals surface area contributed by atoms with Gasteiger partial charge >= 0.3 is 5.97 Å². The summed E-state index contributed by atoms with van der Waals surface area (Å²) in [6, 6.07) is 14.6. The summed E-state index contributed by atoms with van der Waals surface area (Å²) >= 11 is 3.39. The Balaban J connectivity index is 2.07. The van der Waals surface area contributed by atoms with Crippen LogP contribution in [-0.4, -0.2) is 15.3 Å². The summed E-state index contributed by atoms with van der Waals surface area (Å²) in [4.78, 5) is 11.3. The minimum atomic E-state index is -1.13. The fourth-order valence-electron chi connectivity index (χ4n) is 1.80. The SMILES string of the molecule is O=C(O)Cc1ccc(S(=O)Cc2cccc(Br)c2)cc1. The van der Waals surface area contributed by atoms with E-state index in [0.29, 0.717) is 16.2 Å². The van der Waals surface area contributed by atoms with Gasteiger partial charge in [-0.15, -0.1) is 0 Å². The lowest BCUT2D eigenvalue weighted by molar-refractivity contribution is -0.136. The first-order valence-corrected chi connectivity index (χ1v) is 8.09. The van der Waals surface area contributed by atoms with Gasteiger partial charge in [0.2, 0.25) is 0 Å². The highest BCUT2D eigenvalue weighted by Crippen LogP contribution is 2.17. The molecule has 20 heavy (non-hydrogen) atoms. The second kappa shape index (κ2) is 6.81. The fraction of sp³-hybridized carbons (Fsp3) is 0.133. The molecule has 0 fully saturated rings. The first kappa shape index (κ1) is 14.9. The highest BCUT2D eigenvalue weighted by molar-refractivity contribution is 9.10. The molecule has 0 spiro atoms. The van der Waals surface area contributed by atoms with Crippen molar-refractivity contribution in [2.75, 3.05) is 0 Å². The number of rotatable bonds is 5. The zero-order valence-corrected chi connectivity index (χ0v) is 13.0. The molecular formula is C15H13BrO3S. The van der Waals surface area contributed by atoms with Gasteiger partial charge in [-0.2, -0.15) is 0 Å². The highest BCUT2D eigenvalue weighted by atomic mass is 79.9. The lowest BCUT2D eigenvalue weighted by atomic mass is 10.2. The number of carboxylic acids is 1. The molecule has 0 aliphatic heterocycles. The second-order valence-corrected chi connectivity index (χ2v) is 6.70. The van der Waals surface area contributed by atoms with Crippen LogP contribution in [0.25, 0.3) is 0 Å². The number of carboxylic acid groups (broad SMARTS) is 1. The molecule has 0 radical (unpaired) electrons. The molecule has 5 heteroatoms. The van der Waals surface area contributed by atoms with Crippen LogP contribution in [0.1, 0.15) is 11.1 Å². The quantitative estimate of drug-likeness (QED) is 0.897. The van der Waals surface area contributed by atoms with Crippen LogP contribution in [0.2, 0.25) is 0 Å². The van der Waals surface area contributed by atoms with Crippen LogP contribution in [0.4, 0.5) is 0 Å². The summed E-state index contributed by atoms with van der Waals surface area (Å²) < 4.78 is 13.2. The van der Waals surface area contributed by atoms with Gasteiger partial charge in [0.25, 0.3) is 0 Å². The molecule has 3 nitrogen and oxygen atoms in total. The minimum absolute atomic E-state index is 0.0153. The molecule has 1 N–H and O–H groups in total. The zero-order chi connectivity index (χ0) is 14.5. The summed E-state index contributed by atoms with van der Waals surface area (Å²) in [6.45, 7) is 0. The van der Waals surface area contributed by atoms with E-state index in [1.165, 1.54) is 0 Å². The summed E-state index contributed by atoms with van der Waals surface area (Å²) in [5, 5.41) is 8.70. The van der Waals surface area contributed by atoms with Crippen molar-refractivity contribution < 1.29 is 14.1 Å². The van der Waals surface area contributed by atoms with E-state index >= 15 is 0 Å². The molecule has 0 aliphatic carbocycles. The van der Waals surface area contributed by atoms with Crippen molar-refractivity contribution in [1.29, 1.82) is 0 Å². The van der Waals surface area contributed by atoms with E-state index in [0.717, 1.165) is 10.0 Å². The first-order valence-electron chi connectivity index (χ1n) is 5.98. The Hall–Kier alpha value is -1.46. The molecule has 0 bridgehead atoms. The van der Waals surface area contributed by atoms with E-state index in [9.17, 15) is 9.00 Å². The Kier molecular flexibility index (Phi) is 5.09. The number of benzene rings is 2. The maximum atomic E-state index is 12.2.